The van der Waals surface area contributed by atoms with Gasteiger partial charge in [0.15, 0.2) is 0 Å². The highest BCUT2D eigenvalue weighted by molar-refractivity contribution is 5.37. The third kappa shape index (κ3) is 3.74. The van der Waals surface area contributed by atoms with Gasteiger partial charge in [-0.3, -0.25) is 4.79 Å². The molecular formula is C16H17F3N4O. The van der Waals surface area contributed by atoms with Gasteiger partial charge in [-0.1, -0.05) is 0 Å². The molecule has 1 N–H and O–H groups in total. The van der Waals surface area contributed by atoms with Crippen molar-refractivity contribution < 1.29 is 13.2 Å². The molecule has 3 rings (SSSR count). The van der Waals surface area contributed by atoms with E-state index in [0.29, 0.717) is 5.82 Å². The standard InChI is InChI=1S/C16H17F3N4O/c17-16(18,19)11-3-8-14(20-10-11)22-12-4-6-13(7-5-12)23-15(24)2-1-9-21-23/h1-3,8-10,12-13H,4-7H2,(H,20,22). The van der Waals surface area contributed by atoms with Crippen LogP contribution in [0.3, 0.4) is 0 Å². The average molecular weight is 338 g/mol. The zero-order chi connectivity index (χ0) is 17.2. The van der Waals surface area contributed by atoms with Crippen molar-refractivity contribution in [2.45, 2.75) is 43.9 Å². The fourth-order valence-electron chi connectivity index (χ4n) is 2.96. The fourth-order valence-corrected chi connectivity index (χ4v) is 2.96. The number of rotatable bonds is 3. The Balaban J connectivity index is 1.58. The summed E-state index contributed by atoms with van der Waals surface area (Å²) >= 11 is 0. The number of pyridine rings is 1. The predicted octanol–water partition coefficient (Wildman–Crippen LogP) is 3.25. The Labute approximate surface area is 136 Å². The van der Waals surface area contributed by atoms with Crippen LogP contribution < -0.4 is 10.9 Å². The van der Waals surface area contributed by atoms with Gasteiger partial charge in [0.05, 0.1) is 11.6 Å². The predicted molar refractivity (Wildman–Crippen MR) is 82.7 cm³/mol. The van der Waals surface area contributed by atoms with E-state index < -0.39 is 11.7 Å². The van der Waals surface area contributed by atoms with E-state index in [1.54, 1.807) is 12.3 Å². The van der Waals surface area contributed by atoms with Crippen molar-refractivity contribution in [3.8, 4) is 0 Å². The third-order valence-corrected chi connectivity index (χ3v) is 4.23. The van der Waals surface area contributed by atoms with E-state index in [0.717, 1.165) is 37.9 Å². The highest BCUT2D eigenvalue weighted by Gasteiger charge is 2.31. The van der Waals surface area contributed by atoms with Crippen molar-refractivity contribution in [1.29, 1.82) is 0 Å². The zero-order valence-electron chi connectivity index (χ0n) is 12.8. The summed E-state index contributed by atoms with van der Waals surface area (Å²) in [5, 5.41) is 7.27. The molecule has 24 heavy (non-hydrogen) atoms. The molecule has 128 valence electrons. The maximum absolute atomic E-state index is 12.5. The lowest BCUT2D eigenvalue weighted by Gasteiger charge is -2.29. The van der Waals surface area contributed by atoms with Crippen LogP contribution in [0.1, 0.15) is 37.3 Å². The second-order valence-electron chi connectivity index (χ2n) is 5.89. The third-order valence-electron chi connectivity index (χ3n) is 4.23. The molecule has 1 aliphatic carbocycles. The Morgan fingerprint density at radius 3 is 2.46 bits per heavy atom. The maximum Gasteiger partial charge on any atom is 0.417 e. The number of alkyl halides is 3. The van der Waals surface area contributed by atoms with Gasteiger partial charge in [0.1, 0.15) is 5.82 Å². The minimum Gasteiger partial charge on any atom is -0.367 e. The number of anilines is 1. The molecule has 2 heterocycles. The molecule has 8 heteroatoms. The summed E-state index contributed by atoms with van der Waals surface area (Å²) < 4.78 is 39.1. The van der Waals surface area contributed by atoms with Crippen LogP contribution in [0.5, 0.6) is 0 Å². The molecule has 0 unspecified atom stereocenters. The number of halogens is 3. The number of nitrogens with zero attached hydrogens (tertiary/aromatic N) is 3. The molecule has 0 aromatic carbocycles. The molecule has 1 aliphatic rings. The maximum atomic E-state index is 12.5. The van der Waals surface area contributed by atoms with E-state index in [4.69, 9.17) is 0 Å². The van der Waals surface area contributed by atoms with E-state index in [-0.39, 0.29) is 17.6 Å². The minimum atomic E-state index is -4.38. The number of nitrogens with one attached hydrogen (secondary N) is 1. The zero-order valence-corrected chi connectivity index (χ0v) is 12.8. The van der Waals surface area contributed by atoms with Gasteiger partial charge in [-0.15, -0.1) is 0 Å². The molecule has 0 bridgehead atoms. The van der Waals surface area contributed by atoms with Crippen LogP contribution in [0.15, 0.2) is 41.5 Å². The van der Waals surface area contributed by atoms with E-state index in [1.165, 1.54) is 16.8 Å². The second kappa shape index (κ2) is 6.62. The highest BCUT2D eigenvalue weighted by atomic mass is 19.4. The van der Waals surface area contributed by atoms with Crippen LogP contribution >= 0.6 is 0 Å². The van der Waals surface area contributed by atoms with Crippen LogP contribution in [0, 0.1) is 0 Å². The number of hydrogen-bond acceptors (Lipinski definition) is 4. The van der Waals surface area contributed by atoms with Crippen molar-refractivity contribution in [1.82, 2.24) is 14.8 Å². The summed E-state index contributed by atoms with van der Waals surface area (Å²) in [5.74, 6) is 0.432. The molecular weight excluding hydrogens is 321 g/mol. The van der Waals surface area contributed by atoms with Crippen molar-refractivity contribution in [2.24, 2.45) is 0 Å². The molecule has 0 saturated heterocycles. The highest BCUT2D eigenvalue weighted by Crippen LogP contribution is 2.30. The van der Waals surface area contributed by atoms with Gasteiger partial charge < -0.3 is 5.32 Å². The first-order valence-electron chi connectivity index (χ1n) is 7.77. The van der Waals surface area contributed by atoms with Gasteiger partial charge in [0.2, 0.25) is 0 Å². The Morgan fingerprint density at radius 2 is 1.88 bits per heavy atom. The lowest BCUT2D eigenvalue weighted by Crippen LogP contribution is -2.33. The first kappa shape index (κ1) is 16.5. The Bertz CT molecular complexity index is 734. The summed E-state index contributed by atoms with van der Waals surface area (Å²) in [6.45, 7) is 0. The second-order valence-corrected chi connectivity index (χ2v) is 5.89. The van der Waals surface area contributed by atoms with Crippen molar-refractivity contribution in [2.75, 3.05) is 5.32 Å². The van der Waals surface area contributed by atoms with E-state index in [9.17, 15) is 18.0 Å². The van der Waals surface area contributed by atoms with Crippen LogP contribution in [-0.4, -0.2) is 20.8 Å². The normalized spacial score (nSPS) is 21.5. The Morgan fingerprint density at radius 1 is 1.12 bits per heavy atom. The van der Waals surface area contributed by atoms with Crippen LogP contribution in [-0.2, 0) is 6.18 Å². The number of hydrogen-bond donors (Lipinski definition) is 1. The topological polar surface area (TPSA) is 59.8 Å². The summed E-state index contributed by atoms with van der Waals surface area (Å²) in [7, 11) is 0. The monoisotopic (exact) mass is 338 g/mol. The molecule has 0 radical (unpaired) electrons. The quantitative estimate of drug-likeness (QED) is 0.933. The van der Waals surface area contributed by atoms with Crippen LogP contribution in [0.4, 0.5) is 19.0 Å². The van der Waals surface area contributed by atoms with Gasteiger partial charge in [-0.2, -0.15) is 18.3 Å². The van der Waals surface area contributed by atoms with E-state index >= 15 is 0 Å². The SMILES string of the molecule is O=c1cccnn1C1CCC(Nc2ccc(C(F)(F)F)cn2)CC1. The van der Waals surface area contributed by atoms with E-state index in [1.807, 2.05) is 0 Å². The summed E-state index contributed by atoms with van der Waals surface area (Å²) in [4.78, 5) is 15.6. The lowest BCUT2D eigenvalue weighted by atomic mass is 9.91. The van der Waals surface area contributed by atoms with E-state index in [2.05, 4.69) is 15.4 Å². The van der Waals surface area contributed by atoms with Gasteiger partial charge in [-0.25, -0.2) is 9.67 Å². The van der Waals surface area contributed by atoms with Crippen LogP contribution in [0.2, 0.25) is 0 Å². The summed E-state index contributed by atoms with van der Waals surface area (Å²) in [5.41, 5.74) is -0.871. The molecule has 1 fully saturated rings. The molecule has 5 nitrogen and oxygen atoms in total. The minimum absolute atomic E-state index is 0.0670. The lowest BCUT2D eigenvalue weighted by molar-refractivity contribution is -0.137. The van der Waals surface area contributed by atoms with Gasteiger partial charge >= 0.3 is 6.18 Å². The number of aromatic nitrogens is 3. The fraction of sp³-hybridized carbons (Fsp3) is 0.438. The van der Waals surface area contributed by atoms with Crippen molar-refractivity contribution in [3.05, 3.63) is 52.6 Å². The van der Waals surface area contributed by atoms with Crippen molar-refractivity contribution >= 4 is 5.82 Å². The molecule has 2 aromatic heterocycles. The summed E-state index contributed by atoms with van der Waals surface area (Å²) in [6, 6.07) is 5.67. The van der Waals surface area contributed by atoms with Crippen molar-refractivity contribution in [3.63, 3.8) is 0 Å². The van der Waals surface area contributed by atoms with Gasteiger partial charge in [0.25, 0.3) is 5.56 Å². The average Bonchev–Trinajstić information content (AvgIpc) is 2.56. The van der Waals surface area contributed by atoms with Gasteiger partial charge in [0, 0.05) is 24.5 Å². The smallest absolute Gasteiger partial charge is 0.367 e. The first-order valence-corrected chi connectivity index (χ1v) is 7.77. The summed E-state index contributed by atoms with van der Waals surface area (Å²) in [6.07, 6.45) is 1.23. The first-order chi connectivity index (χ1) is 11.4. The molecule has 0 spiro atoms. The molecule has 1 saturated carbocycles. The molecule has 0 atom stereocenters. The van der Waals surface area contributed by atoms with Gasteiger partial charge in [-0.05, 0) is 43.9 Å². The molecule has 0 amide bonds. The molecule has 2 aromatic rings. The Kier molecular flexibility index (Phi) is 4.55. The van der Waals surface area contributed by atoms with Crippen LogP contribution in [0.25, 0.3) is 0 Å². The Hall–Kier alpha value is -2.38. The largest absolute Gasteiger partial charge is 0.417 e. The molecule has 0 aliphatic heterocycles.